The molecular formula is C12H15F3N2O. The van der Waals surface area contributed by atoms with E-state index in [4.69, 9.17) is 10.5 Å². The lowest BCUT2D eigenvalue weighted by molar-refractivity contribution is -0.137. The summed E-state index contributed by atoms with van der Waals surface area (Å²) in [5.41, 5.74) is 4.75. The Kier molecular flexibility index (Phi) is 3.38. The maximum Gasteiger partial charge on any atom is 0.416 e. The minimum Gasteiger partial charge on any atom is -0.489 e. The van der Waals surface area contributed by atoms with Crippen molar-refractivity contribution in [1.82, 2.24) is 4.90 Å². The minimum atomic E-state index is -4.40. The van der Waals surface area contributed by atoms with Crippen molar-refractivity contribution < 1.29 is 17.9 Å². The van der Waals surface area contributed by atoms with Crippen molar-refractivity contribution in [2.75, 3.05) is 25.9 Å². The topological polar surface area (TPSA) is 38.5 Å². The fourth-order valence-corrected chi connectivity index (χ4v) is 2.04. The zero-order valence-electron chi connectivity index (χ0n) is 10.00. The number of rotatable bonds is 2. The number of benzene rings is 1. The van der Waals surface area contributed by atoms with E-state index in [0.29, 0.717) is 0 Å². The van der Waals surface area contributed by atoms with Gasteiger partial charge in [0.2, 0.25) is 0 Å². The molecule has 6 heteroatoms. The molecule has 1 saturated heterocycles. The number of alkyl halides is 3. The Hall–Kier alpha value is -1.43. The van der Waals surface area contributed by atoms with E-state index in [-0.39, 0.29) is 17.5 Å². The second-order valence-corrected chi connectivity index (χ2v) is 4.58. The summed E-state index contributed by atoms with van der Waals surface area (Å²) in [5.74, 6) is 0.183. The van der Waals surface area contributed by atoms with Crippen LogP contribution >= 0.6 is 0 Å². The molecule has 0 saturated carbocycles. The molecule has 1 aromatic rings. The number of nitrogens with two attached hydrogens (primary N) is 1. The van der Waals surface area contributed by atoms with Gasteiger partial charge < -0.3 is 15.4 Å². The standard InChI is InChI=1S/C12H15F3N2O/c1-17-3-2-10(7-17)18-11-5-8(12(13,14)15)4-9(16)6-11/h4-6,10H,2-3,7,16H2,1H3/t10-/m0/s1. The molecule has 0 amide bonds. The van der Waals surface area contributed by atoms with E-state index >= 15 is 0 Å². The molecule has 1 aliphatic heterocycles. The van der Waals surface area contributed by atoms with E-state index in [9.17, 15) is 13.2 Å². The van der Waals surface area contributed by atoms with Crippen LogP contribution in [0.4, 0.5) is 18.9 Å². The highest BCUT2D eigenvalue weighted by atomic mass is 19.4. The summed E-state index contributed by atoms with van der Waals surface area (Å²) in [5, 5.41) is 0. The summed E-state index contributed by atoms with van der Waals surface area (Å²) in [6.45, 7) is 1.61. The van der Waals surface area contributed by atoms with Crippen molar-refractivity contribution >= 4 is 5.69 Å². The Bertz CT molecular complexity index is 434. The lowest BCUT2D eigenvalue weighted by Gasteiger charge is -2.16. The molecule has 18 heavy (non-hydrogen) atoms. The first kappa shape index (κ1) is 13.0. The first-order valence-electron chi connectivity index (χ1n) is 5.67. The summed E-state index contributed by atoms with van der Waals surface area (Å²) >= 11 is 0. The monoisotopic (exact) mass is 260 g/mol. The Labute approximate surface area is 103 Å². The molecule has 0 radical (unpaired) electrons. The van der Waals surface area contributed by atoms with Gasteiger partial charge in [0, 0.05) is 24.8 Å². The molecule has 1 atom stereocenters. The van der Waals surface area contributed by atoms with Crippen molar-refractivity contribution in [3.63, 3.8) is 0 Å². The maximum absolute atomic E-state index is 12.6. The molecule has 3 nitrogen and oxygen atoms in total. The van der Waals surface area contributed by atoms with Gasteiger partial charge in [-0.15, -0.1) is 0 Å². The predicted molar refractivity (Wildman–Crippen MR) is 62.4 cm³/mol. The van der Waals surface area contributed by atoms with Gasteiger partial charge in [0.15, 0.2) is 0 Å². The zero-order chi connectivity index (χ0) is 13.3. The van der Waals surface area contributed by atoms with Crippen molar-refractivity contribution in [2.24, 2.45) is 0 Å². The van der Waals surface area contributed by atoms with Crippen LogP contribution in [-0.4, -0.2) is 31.1 Å². The molecule has 0 unspecified atom stereocenters. The molecular weight excluding hydrogens is 245 g/mol. The van der Waals surface area contributed by atoms with Gasteiger partial charge in [0.05, 0.1) is 5.56 Å². The van der Waals surface area contributed by atoms with Gasteiger partial charge >= 0.3 is 6.18 Å². The number of likely N-dealkylation sites (tertiary alicyclic amines) is 1. The van der Waals surface area contributed by atoms with Crippen LogP contribution in [0, 0.1) is 0 Å². The third kappa shape index (κ3) is 3.07. The molecule has 2 rings (SSSR count). The lowest BCUT2D eigenvalue weighted by atomic mass is 10.2. The number of nitrogens with zero attached hydrogens (tertiary/aromatic N) is 1. The number of nitrogen functional groups attached to an aromatic ring is 1. The van der Waals surface area contributed by atoms with Crippen LogP contribution in [0.5, 0.6) is 5.75 Å². The SMILES string of the molecule is CN1CC[C@H](Oc2cc(N)cc(C(F)(F)F)c2)C1. The molecule has 1 aromatic carbocycles. The highest BCUT2D eigenvalue weighted by molar-refractivity contribution is 5.48. The first-order valence-corrected chi connectivity index (χ1v) is 5.67. The molecule has 1 heterocycles. The Balaban J connectivity index is 2.15. The van der Waals surface area contributed by atoms with Crippen LogP contribution in [0.25, 0.3) is 0 Å². The third-order valence-corrected chi connectivity index (χ3v) is 2.91. The van der Waals surface area contributed by atoms with Crippen molar-refractivity contribution in [3.05, 3.63) is 23.8 Å². The van der Waals surface area contributed by atoms with Gasteiger partial charge in [-0.25, -0.2) is 0 Å². The molecule has 1 aliphatic rings. The van der Waals surface area contributed by atoms with Crippen LogP contribution in [0.2, 0.25) is 0 Å². The van der Waals surface area contributed by atoms with Gasteiger partial charge in [-0.05, 0) is 25.6 Å². The number of anilines is 1. The zero-order valence-corrected chi connectivity index (χ0v) is 10.00. The third-order valence-electron chi connectivity index (χ3n) is 2.91. The van der Waals surface area contributed by atoms with E-state index in [1.807, 2.05) is 7.05 Å². The van der Waals surface area contributed by atoms with Crippen LogP contribution in [-0.2, 0) is 6.18 Å². The summed E-state index contributed by atoms with van der Waals surface area (Å²) in [6.07, 6.45) is -3.66. The molecule has 100 valence electrons. The molecule has 1 fully saturated rings. The van der Waals surface area contributed by atoms with E-state index in [1.165, 1.54) is 6.07 Å². The summed E-state index contributed by atoms with van der Waals surface area (Å²) in [6, 6.07) is 3.33. The van der Waals surface area contributed by atoms with Crippen LogP contribution in [0.1, 0.15) is 12.0 Å². The number of hydrogen-bond donors (Lipinski definition) is 1. The van der Waals surface area contributed by atoms with Gasteiger partial charge in [-0.2, -0.15) is 13.2 Å². The Morgan fingerprint density at radius 3 is 2.61 bits per heavy atom. The summed E-state index contributed by atoms with van der Waals surface area (Å²) in [7, 11) is 1.95. The second-order valence-electron chi connectivity index (χ2n) is 4.58. The Morgan fingerprint density at radius 1 is 1.33 bits per heavy atom. The highest BCUT2D eigenvalue weighted by Gasteiger charge is 2.31. The smallest absolute Gasteiger partial charge is 0.416 e. The Morgan fingerprint density at radius 2 is 2.06 bits per heavy atom. The van der Waals surface area contributed by atoms with Crippen LogP contribution in [0.15, 0.2) is 18.2 Å². The van der Waals surface area contributed by atoms with Crippen molar-refractivity contribution in [1.29, 1.82) is 0 Å². The number of hydrogen-bond acceptors (Lipinski definition) is 3. The lowest BCUT2D eigenvalue weighted by Crippen LogP contribution is -2.21. The molecule has 2 N–H and O–H groups in total. The number of likely N-dealkylation sites (N-methyl/N-ethyl adjacent to an activating group) is 1. The van der Waals surface area contributed by atoms with Gasteiger partial charge in [0.25, 0.3) is 0 Å². The molecule has 0 aliphatic carbocycles. The van der Waals surface area contributed by atoms with E-state index in [2.05, 4.69) is 4.90 Å². The minimum absolute atomic E-state index is 0.0613. The fourth-order valence-electron chi connectivity index (χ4n) is 2.04. The van der Waals surface area contributed by atoms with E-state index in [1.54, 1.807) is 0 Å². The van der Waals surface area contributed by atoms with Crippen molar-refractivity contribution in [3.8, 4) is 5.75 Å². The molecule has 0 aromatic heterocycles. The fraction of sp³-hybridized carbons (Fsp3) is 0.500. The van der Waals surface area contributed by atoms with Crippen molar-refractivity contribution in [2.45, 2.75) is 18.7 Å². The van der Waals surface area contributed by atoms with Crippen LogP contribution in [0.3, 0.4) is 0 Å². The normalized spacial score (nSPS) is 21.2. The largest absolute Gasteiger partial charge is 0.489 e. The molecule has 0 spiro atoms. The molecule has 0 bridgehead atoms. The quantitative estimate of drug-likeness (QED) is 0.830. The first-order chi connectivity index (χ1) is 8.34. The van der Waals surface area contributed by atoms with Gasteiger partial charge in [-0.3, -0.25) is 0 Å². The average Bonchev–Trinajstić information content (AvgIpc) is 2.61. The number of halogens is 3. The predicted octanol–water partition coefficient (Wildman–Crippen LogP) is 2.37. The van der Waals surface area contributed by atoms with E-state index in [0.717, 1.165) is 31.6 Å². The second kappa shape index (κ2) is 4.68. The summed E-state index contributed by atoms with van der Waals surface area (Å²) < 4.78 is 43.4. The van der Waals surface area contributed by atoms with Crippen LogP contribution < -0.4 is 10.5 Å². The number of ether oxygens (including phenoxy) is 1. The maximum atomic E-state index is 12.6. The van der Waals surface area contributed by atoms with E-state index < -0.39 is 11.7 Å². The highest BCUT2D eigenvalue weighted by Crippen LogP contribution is 2.34. The average molecular weight is 260 g/mol. The van der Waals surface area contributed by atoms with Gasteiger partial charge in [0.1, 0.15) is 11.9 Å². The van der Waals surface area contributed by atoms with Gasteiger partial charge in [-0.1, -0.05) is 0 Å². The summed E-state index contributed by atoms with van der Waals surface area (Å²) in [4.78, 5) is 2.07.